The van der Waals surface area contributed by atoms with Crippen LogP contribution in [0.2, 0.25) is 0 Å². The molecule has 6 heteroatoms. The van der Waals surface area contributed by atoms with E-state index in [9.17, 15) is 4.79 Å². The minimum Gasteiger partial charge on any atom is -0.469 e. The fourth-order valence-corrected chi connectivity index (χ4v) is 2.71. The van der Waals surface area contributed by atoms with Gasteiger partial charge >= 0.3 is 5.97 Å². The third kappa shape index (κ3) is 8.79. The zero-order valence-corrected chi connectivity index (χ0v) is 15.1. The maximum absolute atomic E-state index is 11.4. The van der Waals surface area contributed by atoms with E-state index in [1.807, 2.05) is 13.8 Å². The molecule has 1 aliphatic heterocycles. The largest absolute Gasteiger partial charge is 0.469 e. The van der Waals surface area contributed by atoms with Crippen LogP contribution in [-0.2, 0) is 9.53 Å². The van der Waals surface area contributed by atoms with Crippen LogP contribution in [0, 0.1) is 5.92 Å². The van der Waals surface area contributed by atoms with Crippen LogP contribution in [0.5, 0.6) is 0 Å². The monoisotopic (exact) mass is 326 g/mol. The molecule has 0 bridgehead atoms. The molecular weight excluding hydrogens is 292 g/mol. The van der Waals surface area contributed by atoms with Gasteiger partial charge in [-0.1, -0.05) is 19.8 Å². The number of nitrogens with one attached hydrogen (secondary N) is 2. The highest BCUT2D eigenvalue weighted by atomic mass is 16.5. The maximum Gasteiger partial charge on any atom is 0.310 e. The Morgan fingerprint density at radius 3 is 2.52 bits per heavy atom. The van der Waals surface area contributed by atoms with Crippen molar-refractivity contribution >= 4 is 11.9 Å². The van der Waals surface area contributed by atoms with Crippen LogP contribution in [0.15, 0.2) is 4.99 Å². The lowest BCUT2D eigenvalue weighted by Crippen LogP contribution is -2.39. The number of carbonyl (C=O) groups excluding carboxylic acids is 1. The summed E-state index contributed by atoms with van der Waals surface area (Å²) in [5.74, 6) is 0.345. The smallest absolute Gasteiger partial charge is 0.310 e. The molecule has 1 heterocycles. The maximum atomic E-state index is 11.4. The summed E-state index contributed by atoms with van der Waals surface area (Å²) in [6, 6.07) is 0. The molecule has 0 radical (unpaired) electrons. The SMILES string of the molecule is CCNC(=NCC(C)C(=O)OC)NCCCN1CCCCCC1. The first-order valence-corrected chi connectivity index (χ1v) is 8.99. The van der Waals surface area contributed by atoms with Gasteiger partial charge in [-0.15, -0.1) is 0 Å². The van der Waals surface area contributed by atoms with Gasteiger partial charge in [0.15, 0.2) is 5.96 Å². The summed E-state index contributed by atoms with van der Waals surface area (Å²) in [7, 11) is 1.41. The summed E-state index contributed by atoms with van der Waals surface area (Å²) in [4.78, 5) is 18.4. The summed E-state index contributed by atoms with van der Waals surface area (Å²) < 4.78 is 4.73. The average Bonchev–Trinajstić information content (AvgIpc) is 2.84. The molecule has 1 rings (SSSR count). The van der Waals surface area contributed by atoms with Crippen molar-refractivity contribution in [3.8, 4) is 0 Å². The van der Waals surface area contributed by atoms with Gasteiger partial charge in [0.2, 0.25) is 0 Å². The molecule has 0 aromatic heterocycles. The van der Waals surface area contributed by atoms with Crippen molar-refractivity contribution < 1.29 is 9.53 Å². The molecule has 0 aromatic rings. The van der Waals surface area contributed by atoms with Gasteiger partial charge in [-0.2, -0.15) is 0 Å². The fourth-order valence-electron chi connectivity index (χ4n) is 2.71. The molecule has 0 aliphatic carbocycles. The third-order valence-electron chi connectivity index (χ3n) is 4.11. The second-order valence-electron chi connectivity index (χ2n) is 6.18. The predicted octanol–water partition coefficient (Wildman–Crippen LogP) is 1.62. The van der Waals surface area contributed by atoms with Gasteiger partial charge in [-0.3, -0.25) is 9.79 Å². The summed E-state index contributed by atoms with van der Waals surface area (Å²) >= 11 is 0. The predicted molar refractivity (Wildman–Crippen MR) is 94.7 cm³/mol. The quantitative estimate of drug-likeness (QED) is 0.307. The summed E-state index contributed by atoms with van der Waals surface area (Å²) in [5.41, 5.74) is 0. The molecule has 0 spiro atoms. The van der Waals surface area contributed by atoms with Crippen LogP contribution in [-0.4, -0.2) is 63.2 Å². The molecule has 1 aliphatic rings. The number of esters is 1. The number of hydrogen-bond donors (Lipinski definition) is 2. The van der Waals surface area contributed by atoms with Gasteiger partial charge in [-0.05, 0) is 45.8 Å². The number of carbonyl (C=O) groups is 1. The number of guanidine groups is 1. The average molecular weight is 326 g/mol. The molecule has 0 saturated carbocycles. The summed E-state index contributed by atoms with van der Waals surface area (Å²) in [6.07, 6.45) is 6.54. The van der Waals surface area contributed by atoms with Crippen LogP contribution in [0.1, 0.15) is 46.0 Å². The first-order chi connectivity index (χ1) is 11.2. The second-order valence-corrected chi connectivity index (χ2v) is 6.18. The summed E-state index contributed by atoms with van der Waals surface area (Å²) in [5, 5.41) is 6.56. The van der Waals surface area contributed by atoms with E-state index in [0.29, 0.717) is 6.54 Å². The number of nitrogens with zero attached hydrogens (tertiary/aromatic N) is 2. The topological polar surface area (TPSA) is 66.0 Å². The Morgan fingerprint density at radius 1 is 1.22 bits per heavy atom. The van der Waals surface area contributed by atoms with Crippen molar-refractivity contribution in [2.45, 2.75) is 46.0 Å². The lowest BCUT2D eigenvalue weighted by atomic mass is 10.2. The van der Waals surface area contributed by atoms with E-state index in [-0.39, 0.29) is 11.9 Å². The van der Waals surface area contributed by atoms with Crippen molar-refractivity contribution in [3.63, 3.8) is 0 Å². The number of ether oxygens (including phenoxy) is 1. The van der Waals surface area contributed by atoms with E-state index in [4.69, 9.17) is 4.74 Å². The van der Waals surface area contributed by atoms with E-state index in [2.05, 4.69) is 20.5 Å². The number of hydrogen-bond acceptors (Lipinski definition) is 4. The molecule has 0 amide bonds. The minimum absolute atomic E-state index is 0.215. The number of rotatable bonds is 8. The highest BCUT2D eigenvalue weighted by Crippen LogP contribution is 2.09. The lowest BCUT2D eigenvalue weighted by molar-refractivity contribution is -0.144. The van der Waals surface area contributed by atoms with E-state index in [1.54, 1.807) is 0 Å². The fraction of sp³-hybridized carbons (Fsp3) is 0.882. The molecule has 1 saturated heterocycles. The van der Waals surface area contributed by atoms with Crippen molar-refractivity contribution in [3.05, 3.63) is 0 Å². The third-order valence-corrected chi connectivity index (χ3v) is 4.11. The zero-order valence-electron chi connectivity index (χ0n) is 15.1. The molecule has 1 unspecified atom stereocenters. The standard InChI is InChI=1S/C17H34N4O2/c1-4-18-17(20-14-15(2)16(22)23-3)19-10-9-13-21-11-7-5-6-8-12-21/h15H,4-14H2,1-3H3,(H2,18,19,20). The molecule has 134 valence electrons. The van der Waals surface area contributed by atoms with Crippen molar-refractivity contribution in [2.24, 2.45) is 10.9 Å². The first-order valence-electron chi connectivity index (χ1n) is 8.99. The van der Waals surface area contributed by atoms with Crippen molar-refractivity contribution in [2.75, 3.05) is 46.4 Å². The van der Waals surface area contributed by atoms with Crippen LogP contribution in [0.4, 0.5) is 0 Å². The Bertz CT molecular complexity index is 353. The number of methoxy groups -OCH3 is 1. The van der Waals surface area contributed by atoms with Crippen LogP contribution in [0.3, 0.4) is 0 Å². The van der Waals surface area contributed by atoms with Gasteiger partial charge < -0.3 is 20.3 Å². The Labute approximate surface area is 141 Å². The molecule has 2 N–H and O–H groups in total. The molecule has 23 heavy (non-hydrogen) atoms. The van der Waals surface area contributed by atoms with Gasteiger partial charge in [0.1, 0.15) is 0 Å². The number of aliphatic imine (C=N–C) groups is 1. The van der Waals surface area contributed by atoms with E-state index in [1.165, 1.54) is 45.9 Å². The van der Waals surface area contributed by atoms with Gasteiger partial charge in [0.05, 0.1) is 19.6 Å². The Hall–Kier alpha value is -1.30. The molecular formula is C17H34N4O2. The van der Waals surface area contributed by atoms with E-state index < -0.39 is 0 Å². The van der Waals surface area contributed by atoms with E-state index >= 15 is 0 Å². The van der Waals surface area contributed by atoms with Crippen LogP contribution < -0.4 is 10.6 Å². The second kappa shape index (κ2) is 12.2. The van der Waals surface area contributed by atoms with Crippen LogP contribution in [0.25, 0.3) is 0 Å². The molecule has 1 atom stereocenters. The Balaban J connectivity index is 2.27. The minimum atomic E-state index is -0.217. The van der Waals surface area contributed by atoms with Gasteiger partial charge in [-0.25, -0.2) is 0 Å². The molecule has 1 fully saturated rings. The van der Waals surface area contributed by atoms with Crippen molar-refractivity contribution in [1.82, 2.24) is 15.5 Å². The molecule has 0 aromatic carbocycles. The highest BCUT2D eigenvalue weighted by Gasteiger charge is 2.12. The van der Waals surface area contributed by atoms with Gasteiger partial charge in [0.25, 0.3) is 0 Å². The number of likely N-dealkylation sites (tertiary alicyclic amines) is 1. The van der Waals surface area contributed by atoms with Gasteiger partial charge in [0, 0.05) is 13.1 Å². The highest BCUT2D eigenvalue weighted by molar-refractivity contribution is 5.80. The summed E-state index contributed by atoms with van der Waals surface area (Å²) in [6.45, 7) is 9.64. The van der Waals surface area contributed by atoms with Crippen molar-refractivity contribution in [1.29, 1.82) is 0 Å². The van der Waals surface area contributed by atoms with E-state index in [0.717, 1.165) is 32.0 Å². The first kappa shape index (κ1) is 19.7. The lowest BCUT2D eigenvalue weighted by Gasteiger charge is -2.20. The Morgan fingerprint density at radius 2 is 1.91 bits per heavy atom. The normalized spacial score (nSPS) is 18.1. The zero-order chi connectivity index (χ0) is 16.9. The molecule has 6 nitrogen and oxygen atoms in total. The Kier molecular flexibility index (Phi) is 10.4. The van der Waals surface area contributed by atoms with Crippen LogP contribution >= 0.6 is 0 Å².